The van der Waals surface area contributed by atoms with Gasteiger partial charge in [-0.3, -0.25) is 0 Å². The number of hydrogen-bond donors (Lipinski definition) is 0. The highest BCUT2D eigenvalue weighted by Gasteiger charge is 2.43. The van der Waals surface area contributed by atoms with Gasteiger partial charge in [-0.05, 0) is 55.0 Å². The zero-order chi connectivity index (χ0) is 24.0. The van der Waals surface area contributed by atoms with Gasteiger partial charge in [-0.2, -0.15) is 0 Å². The summed E-state index contributed by atoms with van der Waals surface area (Å²) in [5.41, 5.74) is 4.31. The van der Waals surface area contributed by atoms with E-state index in [1.165, 1.54) is 11.3 Å². The van der Waals surface area contributed by atoms with E-state index >= 15 is 0 Å². The molecule has 0 bridgehead atoms. The fraction of sp³-hybridized carbons (Fsp3) is 0.448. The minimum Gasteiger partial charge on any atom is -0.851 e. The first-order chi connectivity index (χ1) is 16.4. The molecule has 2 heterocycles. The molecule has 0 spiro atoms. The lowest BCUT2D eigenvalue weighted by atomic mass is 9.67. The number of para-hydroxylation sites is 3. The van der Waals surface area contributed by atoms with Crippen LogP contribution >= 0.6 is 0 Å². The van der Waals surface area contributed by atoms with Gasteiger partial charge in [-0.25, -0.2) is 0 Å². The summed E-state index contributed by atoms with van der Waals surface area (Å²) in [6.45, 7) is 10.2. The molecule has 5 heteroatoms. The molecular formula is C29H34N2O3-2. The Morgan fingerprint density at radius 2 is 1.53 bits per heavy atom. The van der Waals surface area contributed by atoms with Crippen molar-refractivity contribution in [3.05, 3.63) is 77.8 Å². The van der Waals surface area contributed by atoms with E-state index in [1.807, 2.05) is 42.2 Å². The van der Waals surface area contributed by atoms with Crippen molar-refractivity contribution in [1.29, 1.82) is 0 Å². The van der Waals surface area contributed by atoms with Crippen molar-refractivity contribution in [2.75, 3.05) is 22.9 Å². The normalized spacial score (nSPS) is 29.2. The second-order valence-electron chi connectivity index (χ2n) is 10.1. The van der Waals surface area contributed by atoms with Crippen LogP contribution in [-0.4, -0.2) is 25.3 Å². The van der Waals surface area contributed by atoms with Gasteiger partial charge in [0, 0.05) is 29.9 Å². The van der Waals surface area contributed by atoms with E-state index in [0.29, 0.717) is 5.88 Å². The standard InChI is InChI=1S/C29H34N2O3/c1-5-7-16-31-22-13-9-8-12-21(22)29(3,4)25(31)17-19-27(32)20(28(19)33)18-26-30(6-2)23-14-10-11-15-24(23)34-26/h8-15,17-20,27-28H,5-7,16H2,1-4H3/q-2. The first-order valence-electron chi connectivity index (χ1n) is 12.6. The van der Waals surface area contributed by atoms with Crippen LogP contribution < -0.4 is 24.7 Å². The predicted octanol–water partition coefficient (Wildman–Crippen LogP) is 3.93. The van der Waals surface area contributed by atoms with E-state index in [9.17, 15) is 10.2 Å². The maximum atomic E-state index is 13.3. The third-order valence-corrected chi connectivity index (χ3v) is 7.69. The SMILES string of the molecule is CCCCN1C(=CC2C([O-])C(C=C3Oc4ccccc4N3CC)C2[O-])C(C)(C)c2ccccc21. The number of ether oxygens (including phenoxy) is 1. The molecule has 5 nitrogen and oxygen atoms in total. The number of nitrogens with zero attached hydrogens (tertiary/aromatic N) is 2. The molecule has 0 N–H and O–H groups in total. The molecule has 0 saturated heterocycles. The monoisotopic (exact) mass is 458 g/mol. The topological polar surface area (TPSA) is 61.8 Å². The highest BCUT2D eigenvalue weighted by molar-refractivity contribution is 5.70. The van der Waals surface area contributed by atoms with E-state index in [4.69, 9.17) is 4.74 Å². The highest BCUT2D eigenvalue weighted by Crippen LogP contribution is 2.49. The summed E-state index contributed by atoms with van der Waals surface area (Å²) < 4.78 is 6.00. The first kappa shape index (κ1) is 23.0. The molecule has 3 aliphatic rings. The summed E-state index contributed by atoms with van der Waals surface area (Å²) >= 11 is 0. The summed E-state index contributed by atoms with van der Waals surface area (Å²) in [6.07, 6.45) is 3.99. The lowest BCUT2D eigenvalue weighted by Gasteiger charge is -2.59. The Hall–Kier alpha value is -2.76. The van der Waals surface area contributed by atoms with E-state index in [-0.39, 0.29) is 5.41 Å². The number of allylic oxidation sites excluding steroid dienone is 1. The van der Waals surface area contributed by atoms with Gasteiger partial charge in [0.2, 0.25) is 0 Å². The average Bonchev–Trinajstić information content (AvgIpc) is 3.31. The Kier molecular flexibility index (Phi) is 5.95. The lowest BCUT2D eigenvalue weighted by molar-refractivity contribution is -0.550. The summed E-state index contributed by atoms with van der Waals surface area (Å²) in [5, 5.41) is 26.6. The summed E-state index contributed by atoms with van der Waals surface area (Å²) in [6, 6.07) is 16.3. The van der Waals surface area contributed by atoms with Gasteiger partial charge in [0.1, 0.15) is 0 Å². The van der Waals surface area contributed by atoms with Crippen LogP contribution in [0, 0.1) is 11.8 Å². The second-order valence-corrected chi connectivity index (χ2v) is 10.1. The molecule has 0 radical (unpaired) electrons. The molecule has 2 aromatic rings. The van der Waals surface area contributed by atoms with Gasteiger partial charge in [0.05, 0.1) is 5.69 Å². The Balaban J connectivity index is 1.41. The van der Waals surface area contributed by atoms with Gasteiger partial charge in [-0.1, -0.05) is 63.6 Å². The molecule has 1 aliphatic carbocycles. The van der Waals surface area contributed by atoms with Gasteiger partial charge in [0.25, 0.3) is 0 Å². The number of anilines is 2. The Bertz CT molecular complexity index is 1110. The van der Waals surface area contributed by atoms with E-state index in [0.717, 1.165) is 43.1 Å². The fourth-order valence-electron chi connectivity index (χ4n) is 5.67. The summed E-state index contributed by atoms with van der Waals surface area (Å²) in [4.78, 5) is 4.36. The molecule has 0 aromatic heterocycles. The van der Waals surface area contributed by atoms with Crippen LogP contribution in [0.3, 0.4) is 0 Å². The highest BCUT2D eigenvalue weighted by atomic mass is 16.5. The lowest BCUT2D eigenvalue weighted by Crippen LogP contribution is -2.66. The Morgan fingerprint density at radius 3 is 2.24 bits per heavy atom. The quantitative estimate of drug-likeness (QED) is 0.656. The molecule has 1 fully saturated rings. The fourth-order valence-corrected chi connectivity index (χ4v) is 5.67. The molecule has 2 aromatic carbocycles. The Morgan fingerprint density at radius 1 is 0.882 bits per heavy atom. The minimum absolute atomic E-state index is 0.234. The Labute approximate surface area is 203 Å². The van der Waals surface area contributed by atoms with Crippen molar-refractivity contribution >= 4 is 11.4 Å². The smallest absolute Gasteiger partial charge is 0.196 e. The van der Waals surface area contributed by atoms with Gasteiger partial charge >= 0.3 is 0 Å². The molecule has 34 heavy (non-hydrogen) atoms. The maximum Gasteiger partial charge on any atom is 0.196 e. The van der Waals surface area contributed by atoms with Crippen LogP contribution in [0.25, 0.3) is 0 Å². The summed E-state index contributed by atoms with van der Waals surface area (Å²) in [5.74, 6) is 0.264. The van der Waals surface area contributed by atoms with Crippen molar-refractivity contribution in [2.24, 2.45) is 11.8 Å². The van der Waals surface area contributed by atoms with Crippen molar-refractivity contribution in [3.63, 3.8) is 0 Å². The largest absolute Gasteiger partial charge is 0.851 e. The second kappa shape index (κ2) is 8.79. The number of hydrogen-bond acceptors (Lipinski definition) is 5. The molecule has 2 unspecified atom stereocenters. The van der Waals surface area contributed by atoms with E-state index in [1.54, 1.807) is 6.08 Å². The van der Waals surface area contributed by atoms with Crippen molar-refractivity contribution < 1.29 is 14.9 Å². The molecule has 5 rings (SSSR count). The van der Waals surface area contributed by atoms with Crippen LogP contribution in [0.2, 0.25) is 0 Å². The van der Waals surface area contributed by atoms with Crippen LogP contribution in [0.4, 0.5) is 11.4 Å². The van der Waals surface area contributed by atoms with Gasteiger partial charge < -0.3 is 24.7 Å². The first-order valence-corrected chi connectivity index (χ1v) is 12.6. The third-order valence-electron chi connectivity index (χ3n) is 7.69. The molecular weight excluding hydrogens is 424 g/mol. The maximum absolute atomic E-state index is 13.3. The summed E-state index contributed by atoms with van der Waals surface area (Å²) in [7, 11) is 0. The van der Waals surface area contributed by atoms with E-state index in [2.05, 4.69) is 49.9 Å². The molecule has 2 atom stereocenters. The van der Waals surface area contributed by atoms with Gasteiger partial charge in [-0.15, -0.1) is 12.2 Å². The molecule has 1 saturated carbocycles. The van der Waals surface area contributed by atoms with Crippen molar-refractivity contribution in [2.45, 2.75) is 58.2 Å². The molecule has 180 valence electrons. The van der Waals surface area contributed by atoms with Gasteiger partial charge in [0.15, 0.2) is 11.6 Å². The molecule has 0 amide bonds. The van der Waals surface area contributed by atoms with Crippen LogP contribution in [0.15, 0.2) is 72.3 Å². The third kappa shape index (κ3) is 3.53. The minimum atomic E-state index is -0.971. The zero-order valence-corrected chi connectivity index (χ0v) is 20.5. The number of rotatable bonds is 6. The number of fused-ring (bicyclic) bond motifs is 2. The molecule has 2 aliphatic heterocycles. The average molecular weight is 459 g/mol. The van der Waals surface area contributed by atoms with Crippen molar-refractivity contribution in [1.82, 2.24) is 0 Å². The van der Waals surface area contributed by atoms with Crippen LogP contribution in [-0.2, 0) is 5.41 Å². The zero-order valence-electron chi connectivity index (χ0n) is 20.5. The number of unbranched alkanes of at least 4 members (excludes halogenated alkanes) is 1. The predicted molar refractivity (Wildman–Crippen MR) is 133 cm³/mol. The van der Waals surface area contributed by atoms with E-state index < -0.39 is 24.0 Å². The number of benzene rings is 2. The van der Waals surface area contributed by atoms with Crippen molar-refractivity contribution in [3.8, 4) is 5.75 Å². The van der Waals surface area contributed by atoms with Crippen LogP contribution in [0.5, 0.6) is 5.75 Å². The van der Waals surface area contributed by atoms with Crippen LogP contribution in [0.1, 0.15) is 46.1 Å².